The second kappa shape index (κ2) is 6.79. The predicted octanol–water partition coefficient (Wildman–Crippen LogP) is 2.47. The minimum absolute atomic E-state index is 0.549. The molecule has 1 N–H and O–H groups in total. The number of rotatable bonds is 7. The lowest BCUT2D eigenvalue weighted by molar-refractivity contribution is 0.184. The zero-order chi connectivity index (χ0) is 12.8. The molecule has 5 nitrogen and oxygen atoms in total. The largest absolute Gasteiger partial charge is 0.383 e. The number of aromatic nitrogens is 2. The van der Waals surface area contributed by atoms with Crippen molar-refractivity contribution in [2.75, 3.05) is 32.7 Å². The molecule has 0 saturated heterocycles. The quantitative estimate of drug-likeness (QED) is 0.792. The number of hydrogen-bond acceptors (Lipinski definition) is 7. The molecule has 0 aromatic carbocycles. The Labute approximate surface area is 114 Å². The molecule has 0 unspecified atom stereocenters. The summed E-state index contributed by atoms with van der Waals surface area (Å²) in [6.07, 6.45) is 1.84. The molecule has 2 heterocycles. The SMILES string of the molecule is COCCNc1nc(-c2cnc(COC)s2)cs1. The van der Waals surface area contributed by atoms with Gasteiger partial charge in [0.25, 0.3) is 0 Å². The van der Waals surface area contributed by atoms with Gasteiger partial charge in [-0.1, -0.05) is 0 Å². The van der Waals surface area contributed by atoms with Gasteiger partial charge in [-0.15, -0.1) is 22.7 Å². The average molecular weight is 285 g/mol. The highest BCUT2D eigenvalue weighted by atomic mass is 32.1. The van der Waals surface area contributed by atoms with Crippen LogP contribution in [-0.2, 0) is 16.1 Å². The maximum atomic E-state index is 5.05. The molecular formula is C11H15N3O2S2. The van der Waals surface area contributed by atoms with E-state index >= 15 is 0 Å². The van der Waals surface area contributed by atoms with E-state index in [1.54, 1.807) is 36.9 Å². The van der Waals surface area contributed by atoms with Crippen LogP contribution in [0, 0.1) is 0 Å². The highest BCUT2D eigenvalue weighted by molar-refractivity contribution is 7.16. The Morgan fingerprint density at radius 2 is 2.22 bits per heavy atom. The molecule has 0 fully saturated rings. The lowest BCUT2D eigenvalue weighted by atomic mass is 10.4. The van der Waals surface area contributed by atoms with E-state index < -0.39 is 0 Å². The first kappa shape index (κ1) is 13.4. The molecule has 0 aliphatic heterocycles. The summed E-state index contributed by atoms with van der Waals surface area (Å²) < 4.78 is 10.0. The summed E-state index contributed by atoms with van der Waals surface area (Å²) in [5.41, 5.74) is 0.958. The third-order valence-corrected chi connectivity index (χ3v) is 3.95. The number of hydrogen-bond donors (Lipinski definition) is 1. The first-order valence-corrected chi connectivity index (χ1v) is 7.15. The Bertz CT molecular complexity index is 484. The highest BCUT2D eigenvalue weighted by Crippen LogP contribution is 2.29. The van der Waals surface area contributed by atoms with Gasteiger partial charge in [0.1, 0.15) is 5.01 Å². The lowest BCUT2D eigenvalue weighted by Gasteiger charge is -1.99. The number of thiazole rings is 2. The van der Waals surface area contributed by atoms with Gasteiger partial charge in [0.2, 0.25) is 0 Å². The molecule has 2 rings (SSSR count). The highest BCUT2D eigenvalue weighted by Gasteiger charge is 2.08. The van der Waals surface area contributed by atoms with Crippen molar-refractivity contribution in [3.8, 4) is 10.6 Å². The summed E-state index contributed by atoms with van der Waals surface area (Å²) in [5.74, 6) is 0. The normalized spacial score (nSPS) is 10.8. The second-order valence-corrected chi connectivity index (χ2v) is 5.48. The summed E-state index contributed by atoms with van der Waals surface area (Å²) >= 11 is 3.20. The molecule has 0 amide bonds. The standard InChI is InChI=1S/C11H15N3O2S2/c1-15-4-3-12-11-14-8(7-17-11)9-5-13-10(18-9)6-16-2/h5,7H,3-4,6H2,1-2H3,(H,12,14). The molecule has 2 aromatic rings. The Balaban J connectivity index is 1.99. The first-order valence-electron chi connectivity index (χ1n) is 5.46. The predicted molar refractivity (Wildman–Crippen MR) is 74.3 cm³/mol. The maximum Gasteiger partial charge on any atom is 0.183 e. The molecule has 7 heteroatoms. The number of nitrogens with one attached hydrogen (secondary N) is 1. The Morgan fingerprint density at radius 3 is 3.00 bits per heavy atom. The van der Waals surface area contributed by atoms with E-state index in [0.29, 0.717) is 13.2 Å². The molecule has 0 saturated carbocycles. The van der Waals surface area contributed by atoms with Crippen molar-refractivity contribution in [2.24, 2.45) is 0 Å². The van der Waals surface area contributed by atoms with E-state index in [0.717, 1.165) is 27.3 Å². The van der Waals surface area contributed by atoms with Crippen LogP contribution in [0.15, 0.2) is 11.6 Å². The van der Waals surface area contributed by atoms with Gasteiger partial charge in [-0.2, -0.15) is 0 Å². The third-order valence-electron chi connectivity index (χ3n) is 2.16. The minimum atomic E-state index is 0.549. The molecule has 0 bridgehead atoms. The van der Waals surface area contributed by atoms with Crippen LogP contribution in [0.1, 0.15) is 5.01 Å². The van der Waals surface area contributed by atoms with Crippen LogP contribution in [-0.4, -0.2) is 37.3 Å². The van der Waals surface area contributed by atoms with E-state index in [-0.39, 0.29) is 0 Å². The zero-order valence-electron chi connectivity index (χ0n) is 10.3. The van der Waals surface area contributed by atoms with Crippen LogP contribution in [0.5, 0.6) is 0 Å². The summed E-state index contributed by atoms with van der Waals surface area (Å²) in [6.45, 7) is 1.99. The lowest BCUT2D eigenvalue weighted by Crippen LogP contribution is -2.06. The first-order chi connectivity index (χ1) is 8.83. The molecule has 0 atom stereocenters. The van der Waals surface area contributed by atoms with Gasteiger partial charge in [-0.25, -0.2) is 9.97 Å². The molecule has 18 heavy (non-hydrogen) atoms. The average Bonchev–Trinajstić information content (AvgIpc) is 2.98. The molecule has 0 aliphatic rings. The molecule has 0 spiro atoms. The Morgan fingerprint density at radius 1 is 1.33 bits per heavy atom. The van der Waals surface area contributed by atoms with Gasteiger partial charge >= 0.3 is 0 Å². The summed E-state index contributed by atoms with van der Waals surface area (Å²) in [5, 5.41) is 7.11. The van der Waals surface area contributed by atoms with Crippen molar-refractivity contribution in [1.29, 1.82) is 0 Å². The van der Waals surface area contributed by atoms with Crippen molar-refractivity contribution < 1.29 is 9.47 Å². The fourth-order valence-electron chi connectivity index (χ4n) is 1.35. The molecular weight excluding hydrogens is 270 g/mol. The Kier molecular flexibility index (Phi) is 5.06. The summed E-state index contributed by atoms with van der Waals surface area (Å²) in [6, 6.07) is 0. The second-order valence-electron chi connectivity index (χ2n) is 3.51. The van der Waals surface area contributed by atoms with Gasteiger partial charge in [-0.05, 0) is 0 Å². The van der Waals surface area contributed by atoms with Gasteiger partial charge in [0.05, 0.1) is 23.8 Å². The van der Waals surface area contributed by atoms with Crippen molar-refractivity contribution in [1.82, 2.24) is 9.97 Å². The zero-order valence-corrected chi connectivity index (χ0v) is 11.9. The van der Waals surface area contributed by atoms with E-state index in [1.807, 2.05) is 11.6 Å². The molecule has 98 valence electrons. The molecule has 2 aromatic heterocycles. The van der Waals surface area contributed by atoms with Crippen LogP contribution in [0.3, 0.4) is 0 Å². The van der Waals surface area contributed by atoms with Crippen LogP contribution in [0.2, 0.25) is 0 Å². The number of nitrogens with zero attached hydrogens (tertiary/aromatic N) is 2. The van der Waals surface area contributed by atoms with Crippen LogP contribution in [0.4, 0.5) is 5.13 Å². The van der Waals surface area contributed by atoms with Crippen LogP contribution in [0.25, 0.3) is 10.6 Å². The number of methoxy groups -OCH3 is 2. The van der Waals surface area contributed by atoms with E-state index in [4.69, 9.17) is 9.47 Å². The van der Waals surface area contributed by atoms with E-state index in [1.165, 1.54) is 0 Å². The van der Waals surface area contributed by atoms with Crippen LogP contribution < -0.4 is 5.32 Å². The van der Waals surface area contributed by atoms with Gasteiger partial charge in [0, 0.05) is 32.3 Å². The monoisotopic (exact) mass is 285 g/mol. The molecule has 0 aliphatic carbocycles. The maximum absolute atomic E-state index is 5.05. The minimum Gasteiger partial charge on any atom is -0.383 e. The Hall–Kier alpha value is -1.02. The van der Waals surface area contributed by atoms with Crippen molar-refractivity contribution in [3.63, 3.8) is 0 Å². The van der Waals surface area contributed by atoms with E-state index in [9.17, 15) is 0 Å². The fourth-order valence-corrected chi connectivity index (χ4v) is 3.01. The van der Waals surface area contributed by atoms with Gasteiger partial charge in [0.15, 0.2) is 5.13 Å². The smallest absolute Gasteiger partial charge is 0.183 e. The topological polar surface area (TPSA) is 56.3 Å². The summed E-state index contributed by atoms with van der Waals surface area (Å²) in [4.78, 5) is 9.86. The van der Waals surface area contributed by atoms with E-state index in [2.05, 4.69) is 15.3 Å². The van der Waals surface area contributed by atoms with Crippen molar-refractivity contribution >= 4 is 27.8 Å². The summed E-state index contributed by atoms with van der Waals surface area (Å²) in [7, 11) is 3.35. The van der Waals surface area contributed by atoms with Gasteiger partial charge < -0.3 is 14.8 Å². The van der Waals surface area contributed by atoms with Crippen LogP contribution >= 0.6 is 22.7 Å². The number of ether oxygens (including phenoxy) is 2. The van der Waals surface area contributed by atoms with Crippen molar-refractivity contribution in [3.05, 3.63) is 16.6 Å². The number of anilines is 1. The fraction of sp³-hybridized carbons (Fsp3) is 0.455. The van der Waals surface area contributed by atoms with Gasteiger partial charge in [-0.3, -0.25) is 0 Å². The third kappa shape index (κ3) is 3.49. The van der Waals surface area contributed by atoms with Crippen molar-refractivity contribution in [2.45, 2.75) is 6.61 Å². The molecule has 0 radical (unpaired) electrons.